The standard InChI is InChI=1S/C34H41N3O5/c1-23(36-33(40)34(2,41)31(38)32(39)37-21-28-11-7-18-35-30(28)22-37)25-13-15-26(16-14-25)27-10-6-12-29(20-27)42-19-17-24-8-4-3-5-9-24/h6-7,10-16,18,20,23-24,31,38,41H,3-5,8-9,17,19,21-22H2,1-2H3,(H,36,40)/t23?,31?,34-/m0/s1. The first-order valence-corrected chi connectivity index (χ1v) is 15.0. The van der Waals surface area contributed by atoms with Gasteiger partial charge in [0.25, 0.3) is 11.8 Å². The lowest BCUT2D eigenvalue weighted by molar-refractivity contribution is -0.166. The third-order valence-electron chi connectivity index (χ3n) is 8.67. The molecule has 2 unspecified atom stereocenters. The quantitative estimate of drug-likeness (QED) is 0.318. The lowest BCUT2D eigenvalue weighted by Gasteiger charge is -2.31. The van der Waals surface area contributed by atoms with Crippen LogP contribution >= 0.6 is 0 Å². The Morgan fingerprint density at radius 2 is 1.81 bits per heavy atom. The minimum Gasteiger partial charge on any atom is -0.494 e. The summed E-state index contributed by atoms with van der Waals surface area (Å²) >= 11 is 0. The van der Waals surface area contributed by atoms with E-state index in [-0.39, 0.29) is 13.1 Å². The molecule has 1 aliphatic heterocycles. The van der Waals surface area contributed by atoms with Crippen LogP contribution in [0.5, 0.6) is 5.75 Å². The van der Waals surface area contributed by atoms with Crippen LogP contribution in [0.15, 0.2) is 66.9 Å². The molecular weight excluding hydrogens is 530 g/mol. The summed E-state index contributed by atoms with van der Waals surface area (Å²) in [4.78, 5) is 31.6. The summed E-state index contributed by atoms with van der Waals surface area (Å²) in [6, 6.07) is 19.1. The summed E-state index contributed by atoms with van der Waals surface area (Å²) in [7, 11) is 0. The first kappa shape index (κ1) is 29.7. The van der Waals surface area contributed by atoms with E-state index in [4.69, 9.17) is 4.74 Å². The van der Waals surface area contributed by atoms with E-state index < -0.39 is 29.6 Å². The second-order valence-corrected chi connectivity index (χ2v) is 11.8. The van der Waals surface area contributed by atoms with Crippen LogP contribution in [0.25, 0.3) is 11.1 Å². The molecule has 2 aliphatic rings. The zero-order valence-corrected chi connectivity index (χ0v) is 24.5. The van der Waals surface area contributed by atoms with E-state index in [1.54, 1.807) is 19.2 Å². The van der Waals surface area contributed by atoms with Gasteiger partial charge >= 0.3 is 0 Å². The van der Waals surface area contributed by atoms with Crippen LogP contribution in [0.2, 0.25) is 0 Å². The SMILES string of the molecule is CC(NC(=O)[C@@](C)(O)C(O)C(=O)N1Cc2cccnc2C1)c1ccc(-c2cccc(OCCC3CCCCC3)c2)cc1. The lowest BCUT2D eigenvalue weighted by atomic mass is 9.87. The number of benzene rings is 2. The second kappa shape index (κ2) is 13.0. The molecule has 0 bridgehead atoms. The molecule has 0 spiro atoms. The highest BCUT2D eigenvalue weighted by Crippen LogP contribution is 2.29. The summed E-state index contributed by atoms with van der Waals surface area (Å²) in [6.07, 6.45) is 7.50. The van der Waals surface area contributed by atoms with E-state index >= 15 is 0 Å². The van der Waals surface area contributed by atoms with Gasteiger partial charge in [0.05, 0.1) is 24.9 Å². The smallest absolute Gasteiger partial charge is 0.255 e. The number of pyridine rings is 1. The van der Waals surface area contributed by atoms with E-state index in [1.165, 1.54) is 37.0 Å². The fourth-order valence-corrected chi connectivity index (χ4v) is 5.87. The minimum absolute atomic E-state index is 0.224. The Bertz CT molecular complexity index is 1360. The molecule has 42 heavy (non-hydrogen) atoms. The second-order valence-electron chi connectivity index (χ2n) is 11.8. The molecule has 1 saturated carbocycles. The van der Waals surface area contributed by atoms with Crippen molar-refractivity contribution in [2.24, 2.45) is 5.92 Å². The van der Waals surface area contributed by atoms with Crippen LogP contribution in [-0.2, 0) is 22.7 Å². The Balaban J connectivity index is 1.15. The average Bonchev–Trinajstić information content (AvgIpc) is 3.45. The van der Waals surface area contributed by atoms with Crippen molar-refractivity contribution in [2.75, 3.05) is 6.61 Å². The minimum atomic E-state index is -2.31. The van der Waals surface area contributed by atoms with Gasteiger partial charge in [0.1, 0.15) is 5.75 Å². The highest BCUT2D eigenvalue weighted by molar-refractivity contribution is 5.94. The molecule has 0 radical (unpaired) electrons. The summed E-state index contributed by atoms with van der Waals surface area (Å²) < 4.78 is 6.07. The maximum atomic E-state index is 13.0. The lowest BCUT2D eigenvalue weighted by Crippen LogP contribution is -2.58. The molecule has 5 rings (SSSR count). The number of aromatic nitrogens is 1. The van der Waals surface area contributed by atoms with E-state index in [0.29, 0.717) is 0 Å². The van der Waals surface area contributed by atoms with Crippen molar-refractivity contribution in [1.29, 1.82) is 0 Å². The maximum absolute atomic E-state index is 13.0. The Kier molecular flexibility index (Phi) is 9.24. The maximum Gasteiger partial charge on any atom is 0.255 e. The molecule has 3 N–H and O–H groups in total. The number of nitrogens with zero attached hydrogens (tertiary/aromatic N) is 2. The number of hydrogen-bond acceptors (Lipinski definition) is 6. The van der Waals surface area contributed by atoms with Gasteiger partial charge in [0.2, 0.25) is 0 Å². The molecule has 3 atom stereocenters. The molecule has 8 nitrogen and oxygen atoms in total. The van der Waals surface area contributed by atoms with Crippen molar-refractivity contribution >= 4 is 11.8 Å². The van der Waals surface area contributed by atoms with Crippen molar-refractivity contribution in [1.82, 2.24) is 15.2 Å². The summed E-state index contributed by atoms with van der Waals surface area (Å²) in [6.45, 7) is 4.18. The molecule has 1 aliphatic carbocycles. The number of carbonyl (C=O) groups excluding carboxylic acids is 2. The van der Waals surface area contributed by atoms with Crippen molar-refractivity contribution in [3.63, 3.8) is 0 Å². The van der Waals surface area contributed by atoms with Gasteiger partial charge in [-0.3, -0.25) is 14.6 Å². The third kappa shape index (κ3) is 6.82. The predicted octanol–water partition coefficient (Wildman–Crippen LogP) is 4.93. The number of rotatable bonds is 10. The fourth-order valence-electron chi connectivity index (χ4n) is 5.87. The van der Waals surface area contributed by atoms with Crippen LogP contribution in [0, 0.1) is 5.92 Å². The normalized spacial score (nSPS) is 18.0. The Labute approximate surface area is 247 Å². The zero-order chi connectivity index (χ0) is 29.7. The topological polar surface area (TPSA) is 112 Å². The van der Waals surface area contributed by atoms with E-state index in [1.807, 2.05) is 54.6 Å². The Hall–Kier alpha value is -3.75. The molecule has 1 fully saturated rings. The fraction of sp³-hybridized carbons (Fsp3) is 0.441. The van der Waals surface area contributed by atoms with E-state index in [9.17, 15) is 19.8 Å². The number of ether oxygens (including phenoxy) is 1. The first-order chi connectivity index (χ1) is 20.2. The Morgan fingerprint density at radius 3 is 2.55 bits per heavy atom. The number of fused-ring (bicyclic) bond motifs is 1. The largest absolute Gasteiger partial charge is 0.494 e. The molecule has 8 heteroatoms. The highest BCUT2D eigenvalue weighted by atomic mass is 16.5. The van der Waals surface area contributed by atoms with Gasteiger partial charge < -0.3 is 25.2 Å². The molecule has 3 aromatic rings. The average molecular weight is 572 g/mol. The molecule has 1 aromatic heterocycles. The van der Waals surface area contributed by atoms with Gasteiger partial charge in [0, 0.05) is 12.7 Å². The number of amides is 2. The van der Waals surface area contributed by atoms with E-state index in [2.05, 4.69) is 10.3 Å². The molecule has 2 heterocycles. The van der Waals surface area contributed by atoms with Gasteiger partial charge in [-0.1, -0.05) is 74.6 Å². The molecule has 222 valence electrons. The van der Waals surface area contributed by atoms with Gasteiger partial charge in [0.15, 0.2) is 11.7 Å². The number of carbonyl (C=O) groups is 2. The third-order valence-corrected chi connectivity index (χ3v) is 8.67. The number of hydrogen-bond donors (Lipinski definition) is 3. The number of nitrogens with one attached hydrogen (secondary N) is 1. The first-order valence-electron chi connectivity index (χ1n) is 15.0. The van der Waals surface area contributed by atoms with Gasteiger partial charge in [-0.05, 0) is 66.6 Å². The number of aliphatic hydroxyl groups is 2. The molecule has 2 aromatic carbocycles. The van der Waals surface area contributed by atoms with Gasteiger partial charge in [-0.15, -0.1) is 0 Å². The molecule has 0 saturated heterocycles. The summed E-state index contributed by atoms with van der Waals surface area (Å²) in [5.74, 6) is 0.0977. The highest BCUT2D eigenvalue weighted by Gasteiger charge is 2.45. The molecule has 2 amide bonds. The van der Waals surface area contributed by atoms with Crippen molar-refractivity contribution < 1.29 is 24.5 Å². The zero-order valence-electron chi connectivity index (χ0n) is 24.5. The van der Waals surface area contributed by atoms with Gasteiger partial charge in [-0.25, -0.2) is 0 Å². The summed E-state index contributed by atoms with van der Waals surface area (Å²) in [5, 5.41) is 24.4. The van der Waals surface area contributed by atoms with Crippen LogP contribution in [-0.4, -0.2) is 50.2 Å². The van der Waals surface area contributed by atoms with Crippen LogP contribution in [0.1, 0.15) is 75.2 Å². The van der Waals surface area contributed by atoms with Gasteiger partial charge in [-0.2, -0.15) is 0 Å². The monoisotopic (exact) mass is 571 g/mol. The van der Waals surface area contributed by atoms with Crippen LogP contribution in [0.4, 0.5) is 0 Å². The van der Waals surface area contributed by atoms with E-state index in [0.717, 1.165) is 59.6 Å². The molecular formula is C34H41N3O5. The van der Waals surface area contributed by atoms with Crippen molar-refractivity contribution in [3.05, 3.63) is 83.7 Å². The van der Waals surface area contributed by atoms with Crippen molar-refractivity contribution in [3.8, 4) is 16.9 Å². The predicted molar refractivity (Wildman–Crippen MR) is 160 cm³/mol. The number of aliphatic hydroxyl groups excluding tert-OH is 1. The summed E-state index contributed by atoms with van der Waals surface area (Å²) in [5.41, 5.74) is 2.19. The van der Waals surface area contributed by atoms with Crippen LogP contribution in [0.3, 0.4) is 0 Å². The van der Waals surface area contributed by atoms with Crippen molar-refractivity contribution in [2.45, 2.75) is 83.2 Å². The Morgan fingerprint density at radius 1 is 1.05 bits per heavy atom. The van der Waals surface area contributed by atoms with Crippen LogP contribution < -0.4 is 10.1 Å².